The van der Waals surface area contributed by atoms with Crippen molar-refractivity contribution in [2.45, 2.75) is 49.8 Å². The van der Waals surface area contributed by atoms with Crippen molar-refractivity contribution in [1.82, 2.24) is 14.1 Å². The standard InChI is InChI=1S/C26H30N4O4S/c1-2-34-24-14-13-20(17-25(24)35(32,33)29-15-7-4-8-16-29)27-26(31)23-18-22(19-11-12-19)28-30(23)21-9-5-3-6-10-21/h3,5-6,9-10,13-14,17-19H,2,4,7-8,11-12,15-16H2,1H3,(H,27,31). The first-order valence-electron chi connectivity index (χ1n) is 12.2. The third-order valence-corrected chi connectivity index (χ3v) is 8.31. The summed E-state index contributed by atoms with van der Waals surface area (Å²) in [5.41, 5.74) is 2.50. The summed E-state index contributed by atoms with van der Waals surface area (Å²) in [6.07, 6.45) is 4.85. The molecule has 1 aliphatic carbocycles. The first-order valence-corrected chi connectivity index (χ1v) is 13.6. The van der Waals surface area contributed by atoms with Gasteiger partial charge in [-0.3, -0.25) is 4.79 Å². The lowest BCUT2D eigenvalue weighted by molar-refractivity contribution is 0.101. The van der Waals surface area contributed by atoms with Crippen molar-refractivity contribution in [1.29, 1.82) is 0 Å². The molecule has 0 unspecified atom stereocenters. The Morgan fingerprint density at radius 2 is 1.80 bits per heavy atom. The number of sulfonamides is 1. The lowest BCUT2D eigenvalue weighted by Crippen LogP contribution is -2.35. The normalized spacial score (nSPS) is 16.7. The molecule has 0 bridgehead atoms. The van der Waals surface area contributed by atoms with E-state index in [-0.39, 0.29) is 10.8 Å². The maximum absolute atomic E-state index is 13.4. The van der Waals surface area contributed by atoms with Crippen molar-refractivity contribution in [3.8, 4) is 11.4 Å². The smallest absolute Gasteiger partial charge is 0.274 e. The molecule has 1 saturated heterocycles. The molecule has 1 amide bonds. The quantitative estimate of drug-likeness (QED) is 0.495. The second kappa shape index (κ2) is 9.83. The summed E-state index contributed by atoms with van der Waals surface area (Å²) in [7, 11) is -3.75. The van der Waals surface area contributed by atoms with E-state index in [9.17, 15) is 13.2 Å². The first kappa shape index (κ1) is 23.6. The number of nitrogens with zero attached hydrogens (tertiary/aromatic N) is 3. The van der Waals surface area contributed by atoms with E-state index in [1.165, 1.54) is 10.4 Å². The number of nitrogens with one attached hydrogen (secondary N) is 1. The molecule has 1 N–H and O–H groups in total. The fourth-order valence-corrected chi connectivity index (χ4v) is 6.08. The third-order valence-electron chi connectivity index (χ3n) is 6.39. The van der Waals surface area contributed by atoms with Gasteiger partial charge in [-0.25, -0.2) is 13.1 Å². The second-order valence-electron chi connectivity index (χ2n) is 8.99. The molecule has 5 rings (SSSR count). The monoisotopic (exact) mass is 494 g/mol. The van der Waals surface area contributed by atoms with Crippen LogP contribution in [0.4, 0.5) is 5.69 Å². The van der Waals surface area contributed by atoms with Crippen LogP contribution in [-0.4, -0.2) is 48.1 Å². The van der Waals surface area contributed by atoms with E-state index in [2.05, 4.69) is 5.32 Å². The van der Waals surface area contributed by atoms with Crippen LogP contribution in [0, 0.1) is 0 Å². The fraction of sp³-hybridized carbons (Fsp3) is 0.385. The number of piperidine rings is 1. The van der Waals surface area contributed by atoms with Crippen LogP contribution >= 0.6 is 0 Å². The Labute approximate surface area is 206 Å². The van der Waals surface area contributed by atoms with Gasteiger partial charge in [0, 0.05) is 24.7 Å². The molecule has 0 radical (unpaired) electrons. The van der Waals surface area contributed by atoms with Gasteiger partial charge in [0.25, 0.3) is 5.91 Å². The average Bonchev–Trinajstić information content (AvgIpc) is 3.64. The second-order valence-corrected chi connectivity index (χ2v) is 10.9. The van der Waals surface area contributed by atoms with E-state index in [4.69, 9.17) is 9.84 Å². The molecular formula is C26H30N4O4S. The van der Waals surface area contributed by atoms with Crippen LogP contribution in [0.2, 0.25) is 0 Å². The Balaban J connectivity index is 1.47. The molecule has 3 aromatic rings. The van der Waals surface area contributed by atoms with Crippen LogP contribution in [0.3, 0.4) is 0 Å². The highest BCUT2D eigenvalue weighted by atomic mass is 32.2. The SMILES string of the molecule is CCOc1ccc(NC(=O)c2cc(C3CC3)nn2-c2ccccc2)cc1S(=O)(=O)N1CCCCC1. The van der Waals surface area contributed by atoms with Crippen molar-refractivity contribution in [2.24, 2.45) is 0 Å². The number of carbonyl (C=O) groups excluding carboxylic acids is 1. The van der Waals surface area contributed by atoms with E-state index in [0.29, 0.717) is 42.7 Å². The number of rotatable bonds is 8. The van der Waals surface area contributed by atoms with E-state index < -0.39 is 10.0 Å². The summed E-state index contributed by atoms with van der Waals surface area (Å²) in [4.78, 5) is 13.5. The number of para-hydroxylation sites is 1. The molecule has 8 nitrogen and oxygen atoms in total. The molecule has 184 valence electrons. The van der Waals surface area contributed by atoms with Gasteiger partial charge >= 0.3 is 0 Å². The zero-order valence-corrected chi connectivity index (χ0v) is 20.6. The van der Waals surface area contributed by atoms with Gasteiger partial charge in [-0.1, -0.05) is 24.6 Å². The molecule has 2 fully saturated rings. The summed E-state index contributed by atoms with van der Waals surface area (Å²) >= 11 is 0. The van der Waals surface area contributed by atoms with Crippen molar-refractivity contribution in [3.63, 3.8) is 0 Å². The number of ether oxygens (including phenoxy) is 1. The van der Waals surface area contributed by atoms with Gasteiger partial charge in [0.05, 0.1) is 18.0 Å². The fourth-order valence-electron chi connectivity index (χ4n) is 4.41. The van der Waals surface area contributed by atoms with E-state index in [1.807, 2.05) is 43.3 Å². The van der Waals surface area contributed by atoms with Crippen molar-refractivity contribution >= 4 is 21.6 Å². The van der Waals surface area contributed by atoms with E-state index >= 15 is 0 Å². The molecule has 2 heterocycles. The van der Waals surface area contributed by atoms with Gasteiger partial charge in [-0.2, -0.15) is 9.40 Å². The minimum atomic E-state index is -3.75. The van der Waals surface area contributed by atoms with Gasteiger partial charge in [-0.15, -0.1) is 0 Å². The molecule has 2 aromatic carbocycles. The van der Waals surface area contributed by atoms with Gasteiger partial charge in [0.15, 0.2) is 0 Å². The average molecular weight is 495 g/mol. The minimum Gasteiger partial charge on any atom is -0.492 e. The Morgan fingerprint density at radius 3 is 2.49 bits per heavy atom. The Morgan fingerprint density at radius 1 is 1.06 bits per heavy atom. The van der Waals surface area contributed by atoms with Crippen LogP contribution in [0.5, 0.6) is 5.75 Å². The number of amides is 1. The maximum atomic E-state index is 13.4. The summed E-state index contributed by atoms with van der Waals surface area (Å²) in [6.45, 7) is 3.14. The summed E-state index contributed by atoms with van der Waals surface area (Å²) in [6, 6.07) is 16.1. The van der Waals surface area contributed by atoms with Crippen LogP contribution in [0.1, 0.15) is 61.1 Å². The molecule has 0 atom stereocenters. The highest BCUT2D eigenvalue weighted by Gasteiger charge is 2.31. The molecule has 0 spiro atoms. The molecule has 35 heavy (non-hydrogen) atoms. The number of hydrogen-bond acceptors (Lipinski definition) is 5. The Bertz CT molecular complexity index is 1310. The number of anilines is 1. The van der Waals surface area contributed by atoms with E-state index in [1.54, 1.807) is 16.8 Å². The molecular weight excluding hydrogens is 464 g/mol. The highest BCUT2D eigenvalue weighted by Crippen LogP contribution is 2.40. The topological polar surface area (TPSA) is 93.5 Å². The summed E-state index contributed by atoms with van der Waals surface area (Å²) in [5, 5.41) is 7.58. The van der Waals surface area contributed by atoms with E-state index in [0.717, 1.165) is 43.5 Å². The molecule has 9 heteroatoms. The molecule has 1 saturated carbocycles. The third kappa shape index (κ3) is 4.97. The molecule has 1 aliphatic heterocycles. The Hall–Kier alpha value is -3.17. The van der Waals surface area contributed by atoms with Gasteiger partial charge < -0.3 is 10.1 Å². The van der Waals surface area contributed by atoms with Crippen molar-refractivity contribution in [3.05, 3.63) is 66.0 Å². The van der Waals surface area contributed by atoms with Gasteiger partial charge in [0.2, 0.25) is 10.0 Å². The molecule has 1 aromatic heterocycles. The Kier molecular flexibility index (Phi) is 6.62. The van der Waals surface area contributed by atoms with Crippen molar-refractivity contribution in [2.75, 3.05) is 25.0 Å². The summed E-state index contributed by atoms with van der Waals surface area (Å²) < 4.78 is 35.7. The van der Waals surface area contributed by atoms with Gasteiger partial charge in [0.1, 0.15) is 16.3 Å². The number of benzene rings is 2. The van der Waals surface area contributed by atoms with Crippen LogP contribution in [0.15, 0.2) is 59.5 Å². The predicted molar refractivity (Wildman–Crippen MR) is 134 cm³/mol. The van der Waals surface area contributed by atoms with Gasteiger partial charge in [-0.05, 0) is 69.0 Å². The zero-order valence-electron chi connectivity index (χ0n) is 19.8. The summed E-state index contributed by atoms with van der Waals surface area (Å²) in [5.74, 6) is 0.332. The number of hydrogen-bond donors (Lipinski definition) is 1. The lowest BCUT2D eigenvalue weighted by atomic mass is 10.2. The lowest BCUT2D eigenvalue weighted by Gasteiger charge is -2.27. The van der Waals surface area contributed by atoms with Crippen LogP contribution in [0.25, 0.3) is 5.69 Å². The number of aromatic nitrogens is 2. The predicted octanol–water partition coefficient (Wildman–Crippen LogP) is 4.58. The van der Waals surface area contributed by atoms with Crippen LogP contribution in [-0.2, 0) is 10.0 Å². The maximum Gasteiger partial charge on any atom is 0.274 e. The molecule has 2 aliphatic rings. The van der Waals surface area contributed by atoms with Crippen molar-refractivity contribution < 1.29 is 17.9 Å². The van der Waals surface area contributed by atoms with Crippen LogP contribution < -0.4 is 10.1 Å². The zero-order chi connectivity index (χ0) is 24.4. The highest BCUT2D eigenvalue weighted by molar-refractivity contribution is 7.89. The largest absolute Gasteiger partial charge is 0.492 e. The number of carbonyl (C=O) groups is 1. The minimum absolute atomic E-state index is 0.0780. The first-order chi connectivity index (χ1) is 17.0.